The second-order valence-electron chi connectivity index (χ2n) is 6.39. The molecule has 1 aromatic heterocycles. The van der Waals surface area contributed by atoms with Crippen LogP contribution < -0.4 is 5.32 Å². The summed E-state index contributed by atoms with van der Waals surface area (Å²) < 4.78 is 8.35. The zero-order valence-corrected chi connectivity index (χ0v) is 11.7. The maximum absolute atomic E-state index is 5.83. The number of nitrogens with zero attached hydrogens (tertiary/aromatic N) is 2. The van der Waals surface area contributed by atoms with E-state index in [1.807, 2.05) is 7.11 Å². The largest absolute Gasteiger partial charge is 0.376 e. The number of methoxy groups -OCH3 is 1. The summed E-state index contributed by atoms with van der Waals surface area (Å²) in [5.41, 5.74) is 2.87. The quantitative estimate of drug-likeness (QED) is 0.900. The van der Waals surface area contributed by atoms with Crippen molar-refractivity contribution in [1.29, 1.82) is 0 Å². The van der Waals surface area contributed by atoms with E-state index in [9.17, 15) is 0 Å². The lowest BCUT2D eigenvalue weighted by Crippen LogP contribution is -2.44. The molecule has 0 amide bonds. The summed E-state index contributed by atoms with van der Waals surface area (Å²) in [5.74, 6) is 2.07. The van der Waals surface area contributed by atoms with E-state index in [1.54, 1.807) is 0 Å². The third kappa shape index (κ3) is 1.93. The Hall–Kier alpha value is -0.870. The molecule has 3 aliphatic rings. The molecule has 2 aliphatic carbocycles. The molecule has 19 heavy (non-hydrogen) atoms. The van der Waals surface area contributed by atoms with E-state index in [0.717, 1.165) is 32.0 Å². The van der Waals surface area contributed by atoms with Gasteiger partial charge in [-0.05, 0) is 32.1 Å². The molecule has 1 N–H and O–H groups in total. The molecule has 0 atom stereocenters. The SMILES string of the molecule is COC1(Cn2c(C3CC3)nc3c2CCNC3)CCC1. The molecular weight excluding hydrogens is 238 g/mol. The first-order valence-corrected chi connectivity index (χ1v) is 7.65. The van der Waals surface area contributed by atoms with Gasteiger partial charge in [-0.3, -0.25) is 0 Å². The molecule has 0 spiro atoms. The van der Waals surface area contributed by atoms with E-state index in [1.165, 1.54) is 49.3 Å². The minimum atomic E-state index is 0.100. The Labute approximate surface area is 114 Å². The maximum Gasteiger partial charge on any atom is 0.112 e. The van der Waals surface area contributed by atoms with Gasteiger partial charge in [0.25, 0.3) is 0 Å². The van der Waals surface area contributed by atoms with Gasteiger partial charge in [-0.25, -0.2) is 4.98 Å². The van der Waals surface area contributed by atoms with Gasteiger partial charge < -0.3 is 14.6 Å². The van der Waals surface area contributed by atoms with Crippen LogP contribution in [0.1, 0.15) is 55.2 Å². The highest BCUT2D eigenvalue weighted by Gasteiger charge is 2.40. The molecule has 4 rings (SSSR count). The smallest absolute Gasteiger partial charge is 0.112 e. The molecule has 0 unspecified atom stereocenters. The van der Waals surface area contributed by atoms with Crippen LogP contribution in [0.25, 0.3) is 0 Å². The zero-order chi connectivity index (χ0) is 12.9. The van der Waals surface area contributed by atoms with Crippen molar-refractivity contribution in [2.45, 2.75) is 63.1 Å². The molecule has 1 aromatic rings. The molecule has 104 valence electrons. The second-order valence-corrected chi connectivity index (χ2v) is 6.39. The van der Waals surface area contributed by atoms with Crippen LogP contribution in [-0.4, -0.2) is 28.8 Å². The van der Waals surface area contributed by atoms with Crippen LogP contribution in [0, 0.1) is 0 Å². The maximum atomic E-state index is 5.83. The van der Waals surface area contributed by atoms with Crippen molar-refractivity contribution in [3.05, 3.63) is 17.2 Å². The van der Waals surface area contributed by atoms with Gasteiger partial charge >= 0.3 is 0 Å². The normalized spacial score (nSPS) is 24.9. The van der Waals surface area contributed by atoms with Crippen molar-refractivity contribution in [2.24, 2.45) is 0 Å². The molecule has 2 fully saturated rings. The van der Waals surface area contributed by atoms with Crippen LogP contribution in [-0.2, 0) is 24.2 Å². The van der Waals surface area contributed by atoms with Crippen LogP contribution in [0.5, 0.6) is 0 Å². The Balaban J connectivity index is 1.70. The van der Waals surface area contributed by atoms with E-state index in [-0.39, 0.29) is 5.60 Å². The molecule has 2 heterocycles. The first-order valence-electron chi connectivity index (χ1n) is 7.65. The average Bonchev–Trinajstić information content (AvgIpc) is 3.17. The second kappa shape index (κ2) is 4.32. The van der Waals surface area contributed by atoms with Crippen molar-refractivity contribution in [3.63, 3.8) is 0 Å². The topological polar surface area (TPSA) is 39.1 Å². The molecule has 0 aromatic carbocycles. The van der Waals surface area contributed by atoms with Gasteiger partial charge in [-0.2, -0.15) is 0 Å². The van der Waals surface area contributed by atoms with Crippen LogP contribution in [0.15, 0.2) is 0 Å². The number of hydrogen-bond donors (Lipinski definition) is 1. The van der Waals surface area contributed by atoms with Crippen LogP contribution >= 0.6 is 0 Å². The fourth-order valence-corrected chi connectivity index (χ4v) is 3.51. The number of fused-ring (bicyclic) bond motifs is 1. The summed E-state index contributed by atoms with van der Waals surface area (Å²) in [6.07, 6.45) is 7.49. The minimum absolute atomic E-state index is 0.100. The van der Waals surface area contributed by atoms with Crippen molar-refractivity contribution in [1.82, 2.24) is 14.9 Å². The Bertz CT molecular complexity index is 480. The lowest BCUT2D eigenvalue weighted by molar-refractivity contribution is -0.0843. The Kier molecular flexibility index (Phi) is 2.71. The number of imidazole rings is 1. The van der Waals surface area contributed by atoms with Crippen LogP contribution in [0.2, 0.25) is 0 Å². The lowest BCUT2D eigenvalue weighted by atomic mass is 9.79. The molecule has 4 nitrogen and oxygen atoms in total. The predicted octanol–water partition coefficient (Wildman–Crippen LogP) is 1.98. The third-order valence-electron chi connectivity index (χ3n) is 5.10. The number of nitrogens with one attached hydrogen (secondary N) is 1. The minimum Gasteiger partial charge on any atom is -0.376 e. The number of rotatable bonds is 4. The molecule has 2 saturated carbocycles. The highest BCUT2D eigenvalue weighted by molar-refractivity contribution is 5.24. The monoisotopic (exact) mass is 261 g/mol. The number of hydrogen-bond acceptors (Lipinski definition) is 3. The van der Waals surface area contributed by atoms with Gasteiger partial charge in [0.2, 0.25) is 0 Å². The molecule has 0 saturated heterocycles. The van der Waals surface area contributed by atoms with Crippen molar-refractivity contribution >= 4 is 0 Å². The fraction of sp³-hybridized carbons (Fsp3) is 0.800. The first kappa shape index (κ1) is 11.9. The van der Waals surface area contributed by atoms with Gasteiger partial charge in [-0.1, -0.05) is 0 Å². The van der Waals surface area contributed by atoms with Crippen molar-refractivity contribution in [3.8, 4) is 0 Å². The summed E-state index contributed by atoms with van der Waals surface area (Å²) in [5, 5.41) is 3.44. The zero-order valence-electron chi connectivity index (χ0n) is 11.7. The summed E-state index contributed by atoms with van der Waals surface area (Å²) in [7, 11) is 1.88. The molecule has 1 aliphatic heterocycles. The van der Waals surface area contributed by atoms with Gasteiger partial charge in [0, 0.05) is 38.2 Å². The van der Waals surface area contributed by atoms with Crippen LogP contribution in [0.4, 0.5) is 0 Å². The lowest BCUT2D eigenvalue weighted by Gasteiger charge is -2.41. The van der Waals surface area contributed by atoms with E-state index in [4.69, 9.17) is 9.72 Å². The third-order valence-corrected chi connectivity index (χ3v) is 5.10. The summed E-state index contributed by atoms with van der Waals surface area (Å²) in [6, 6.07) is 0. The molecular formula is C15H23N3O. The highest BCUT2D eigenvalue weighted by Crippen LogP contribution is 2.43. The van der Waals surface area contributed by atoms with E-state index in [2.05, 4.69) is 9.88 Å². The molecule has 0 bridgehead atoms. The first-order chi connectivity index (χ1) is 9.31. The standard InChI is InChI=1S/C15H23N3O/c1-19-15(6-2-7-15)10-18-13-5-8-16-9-12(13)17-14(18)11-3-4-11/h11,16H,2-10H2,1H3. The van der Waals surface area contributed by atoms with E-state index in [0.29, 0.717) is 0 Å². The average molecular weight is 261 g/mol. The number of aromatic nitrogens is 2. The van der Waals surface area contributed by atoms with Crippen LogP contribution in [0.3, 0.4) is 0 Å². The van der Waals surface area contributed by atoms with E-state index >= 15 is 0 Å². The Morgan fingerprint density at radius 3 is 2.89 bits per heavy atom. The van der Waals surface area contributed by atoms with Crippen molar-refractivity contribution < 1.29 is 4.74 Å². The number of ether oxygens (including phenoxy) is 1. The van der Waals surface area contributed by atoms with Crippen molar-refractivity contribution in [2.75, 3.05) is 13.7 Å². The summed E-state index contributed by atoms with van der Waals surface area (Å²) in [6.45, 7) is 3.06. The summed E-state index contributed by atoms with van der Waals surface area (Å²) >= 11 is 0. The Morgan fingerprint density at radius 1 is 1.42 bits per heavy atom. The van der Waals surface area contributed by atoms with Gasteiger partial charge in [-0.15, -0.1) is 0 Å². The molecule has 0 radical (unpaired) electrons. The Morgan fingerprint density at radius 2 is 2.26 bits per heavy atom. The van der Waals surface area contributed by atoms with Gasteiger partial charge in [0.05, 0.1) is 17.8 Å². The van der Waals surface area contributed by atoms with Gasteiger partial charge in [0.1, 0.15) is 5.82 Å². The highest BCUT2D eigenvalue weighted by atomic mass is 16.5. The van der Waals surface area contributed by atoms with Gasteiger partial charge in [0.15, 0.2) is 0 Å². The van der Waals surface area contributed by atoms with E-state index < -0.39 is 0 Å². The molecule has 4 heteroatoms. The predicted molar refractivity (Wildman–Crippen MR) is 73.2 cm³/mol. The fourth-order valence-electron chi connectivity index (χ4n) is 3.51. The summed E-state index contributed by atoms with van der Waals surface area (Å²) in [4.78, 5) is 4.93.